The van der Waals surface area contributed by atoms with Gasteiger partial charge < -0.3 is 19.9 Å². The third-order valence-corrected chi connectivity index (χ3v) is 8.55. The van der Waals surface area contributed by atoms with Crippen molar-refractivity contribution >= 4 is 17.6 Å². The quantitative estimate of drug-likeness (QED) is 0.699. The number of ketones is 1. The van der Waals surface area contributed by atoms with Gasteiger partial charge in [-0.15, -0.1) is 0 Å². The number of carbonyl (C=O) groups is 3. The van der Waals surface area contributed by atoms with Crippen LogP contribution in [0.25, 0.3) is 0 Å². The van der Waals surface area contributed by atoms with Crippen molar-refractivity contribution in [3.05, 3.63) is 35.4 Å². The van der Waals surface area contributed by atoms with E-state index in [2.05, 4.69) is 22.3 Å². The second-order valence-corrected chi connectivity index (χ2v) is 11.9. The van der Waals surface area contributed by atoms with Crippen LogP contribution in [0.3, 0.4) is 0 Å². The molecule has 4 aliphatic rings. The second kappa shape index (κ2) is 9.66. The predicted octanol–water partition coefficient (Wildman–Crippen LogP) is 3.13. The first-order valence-electron chi connectivity index (χ1n) is 13.3. The Morgan fingerprint density at radius 3 is 2.29 bits per heavy atom. The van der Waals surface area contributed by atoms with Gasteiger partial charge in [0, 0.05) is 18.2 Å². The molecular formula is C28H39N3O4. The summed E-state index contributed by atoms with van der Waals surface area (Å²) < 4.78 is 5.54. The highest BCUT2D eigenvalue weighted by Gasteiger charge is 2.49. The number of ether oxygens (including phenoxy) is 1. The highest BCUT2D eigenvalue weighted by atomic mass is 16.5. The van der Waals surface area contributed by atoms with E-state index in [0.29, 0.717) is 24.4 Å². The van der Waals surface area contributed by atoms with Gasteiger partial charge in [0.05, 0.1) is 6.10 Å². The molecule has 0 bridgehead atoms. The minimum absolute atomic E-state index is 0.0473. The molecule has 1 saturated carbocycles. The summed E-state index contributed by atoms with van der Waals surface area (Å²) in [5.74, 6) is 0.0389. The molecule has 0 aromatic heterocycles. The van der Waals surface area contributed by atoms with E-state index in [-0.39, 0.29) is 30.3 Å². The van der Waals surface area contributed by atoms with E-state index in [1.807, 2.05) is 32.9 Å². The minimum atomic E-state index is -0.724. The van der Waals surface area contributed by atoms with Crippen LogP contribution in [0.5, 0.6) is 0 Å². The maximum atomic E-state index is 13.5. The van der Waals surface area contributed by atoms with Crippen LogP contribution < -0.4 is 5.32 Å². The highest BCUT2D eigenvalue weighted by molar-refractivity contribution is 5.99. The van der Waals surface area contributed by atoms with E-state index in [4.69, 9.17) is 4.74 Å². The summed E-state index contributed by atoms with van der Waals surface area (Å²) in [6.07, 6.45) is 6.88. The van der Waals surface area contributed by atoms with Gasteiger partial charge in [-0.1, -0.05) is 39.3 Å². The van der Waals surface area contributed by atoms with Gasteiger partial charge in [-0.05, 0) is 74.2 Å². The van der Waals surface area contributed by atoms with Crippen molar-refractivity contribution < 1.29 is 19.1 Å². The monoisotopic (exact) mass is 481 g/mol. The van der Waals surface area contributed by atoms with Crippen molar-refractivity contribution in [3.63, 3.8) is 0 Å². The summed E-state index contributed by atoms with van der Waals surface area (Å²) in [7, 11) is 0. The molecule has 3 aliphatic heterocycles. The van der Waals surface area contributed by atoms with Crippen molar-refractivity contribution in [2.75, 3.05) is 26.2 Å². The van der Waals surface area contributed by atoms with E-state index in [9.17, 15) is 14.4 Å². The molecule has 1 aromatic carbocycles. The average Bonchev–Trinajstić information content (AvgIpc) is 3.39. The van der Waals surface area contributed by atoms with Crippen molar-refractivity contribution in [1.82, 2.24) is 15.1 Å². The number of amides is 2. The van der Waals surface area contributed by atoms with Crippen molar-refractivity contribution in [2.45, 2.75) is 89.4 Å². The van der Waals surface area contributed by atoms with Gasteiger partial charge in [0.25, 0.3) is 5.91 Å². The van der Waals surface area contributed by atoms with E-state index in [1.165, 1.54) is 50.8 Å². The fourth-order valence-corrected chi connectivity index (χ4v) is 6.13. The molecule has 3 atom stereocenters. The normalized spacial score (nSPS) is 26.9. The van der Waals surface area contributed by atoms with Crippen LogP contribution >= 0.6 is 0 Å². The van der Waals surface area contributed by atoms with Crippen LogP contribution in [0.2, 0.25) is 0 Å². The number of carbonyl (C=O) groups excluding carboxylic acids is 3. The maximum absolute atomic E-state index is 13.5. The lowest BCUT2D eigenvalue weighted by Gasteiger charge is -2.42. The zero-order valence-corrected chi connectivity index (χ0v) is 21.3. The summed E-state index contributed by atoms with van der Waals surface area (Å²) in [4.78, 5) is 43.3. The van der Waals surface area contributed by atoms with Crippen molar-refractivity contribution in [3.8, 4) is 0 Å². The maximum Gasteiger partial charge on any atom is 0.251 e. The number of piperidine rings is 1. The molecule has 5 rings (SSSR count). The molecule has 1 aliphatic carbocycles. The Morgan fingerprint density at radius 2 is 1.69 bits per heavy atom. The van der Waals surface area contributed by atoms with Gasteiger partial charge >= 0.3 is 0 Å². The number of nitrogens with zero attached hydrogens (tertiary/aromatic N) is 2. The fourth-order valence-electron chi connectivity index (χ4n) is 6.13. The van der Waals surface area contributed by atoms with Gasteiger partial charge in [-0.25, -0.2) is 0 Å². The van der Waals surface area contributed by atoms with E-state index >= 15 is 0 Å². The number of Topliss-reactive ketones (excluding diaryl/α,β-unsaturated/α-hetero) is 1. The highest BCUT2D eigenvalue weighted by Crippen LogP contribution is 2.34. The summed E-state index contributed by atoms with van der Waals surface area (Å²) in [6, 6.07) is 7.49. The molecule has 1 N–H and O–H groups in total. The molecule has 0 unspecified atom stereocenters. The van der Waals surface area contributed by atoms with Gasteiger partial charge in [-0.3, -0.25) is 14.4 Å². The molecule has 4 fully saturated rings. The second-order valence-electron chi connectivity index (χ2n) is 11.9. The topological polar surface area (TPSA) is 79.0 Å². The average molecular weight is 482 g/mol. The number of likely N-dealkylation sites (tertiary alicyclic amines) is 2. The van der Waals surface area contributed by atoms with Crippen LogP contribution in [-0.2, 0) is 14.3 Å². The lowest BCUT2D eigenvalue weighted by atomic mass is 9.84. The Bertz CT molecular complexity index is 957. The first kappa shape index (κ1) is 24.4. The number of nitrogens with one attached hydrogen (secondary N) is 1. The molecule has 2 amide bonds. The molecule has 0 radical (unpaired) electrons. The van der Waals surface area contributed by atoms with Crippen molar-refractivity contribution in [2.24, 2.45) is 5.41 Å². The van der Waals surface area contributed by atoms with E-state index < -0.39 is 17.5 Å². The third kappa shape index (κ3) is 4.90. The molecule has 3 heterocycles. The molecule has 0 spiro atoms. The lowest BCUT2D eigenvalue weighted by Crippen LogP contribution is -2.57. The number of rotatable bonds is 5. The van der Waals surface area contributed by atoms with Crippen LogP contribution in [0.15, 0.2) is 24.3 Å². The predicted molar refractivity (Wildman–Crippen MR) is 133 cm³/mol. The summed E-state index contributed by atoms with van der Waals surface area (Å²) in [5, 5.41) is 2.99. The number of hydrogen-bond donors (Lipinski definition) is 1. The van der Waals surface area contributed by atoms with Gasteiger partial charge in [0.15, 0.2) is 5.78 Å². The van der Waals surface area contributed by atoms with E-state index in [1.54, 1.807) is 4.90 Å². The Balaban J connectivity index is 1.22. The minimum Gasteiger partial charge on any atom is -0.368 e. The standard InChI is InChI=1S/C28H39N3O4/c1-28(2,3)25(27(34)31-16-13-23-24(31)22(32)17-35-23)29-26(33)20-9-7-18(8-10-20)19-11-14-30(15-12-19)21-5-4-6-21/h7-10,19,21,23-25H,4-6,11-17H2,1-3H3,(H,29,33)/t23-,24-,25-/m1/s1. The molecule has 190 valence electrons. The smallest absolute Gasteiger partial charge is 0.251 e. The molecular weight excluding hydrogens is 442 g/mol. The van der Waals surface area contributed by atoms with Crippen LogP contribution in [0.4, 0.5) is 0 Å². The molecule has 1 aromatic rings. The van der Waals surface area contributed by atoms with Crippen LogP contribution in [0.1, 0.15) is 81.1 Å². The lowest BCUT2D eigenvalue weighted by molar-refractivity contribution is -0.140. The summed E-state index contributed by atoms with van der Waals surface area (Å²) in [5.41, 5.74) is 1.35. The zero-order valence-electron chi connectivity index (χ0n) is 21.3. The Morgan fingerprint density at radius 1 is 1.00 bits per heavy atom. The SMILES string of the molecule is CC(C)(C)[C@H](NC(=O)c1ccc(C2CCN(C3CCC3)CC2)cc1)C(=O)N1CC[C@H]2OCC(=O)[C@H]21. The first-order chi connectivity index (χ1) is 16.7. The largest absolute Gasteiger partial charge is 0.368 e. The van der Waals surface area contributed by atoms with Crippen molar-refractivity contribution in [1.29, 1.82) is 0 Å². The van der Waals surface area contributed by atoms with Gasteiger partial charge in [0.2, 0.25) is 5.91 Å². The first-order valence-corrected chi connectivity index (χ1v) is 13.3. The van der Waals surface area contributed by atoms with Crippen LogP contribution in [-0.4, -0.2) is 77.9 Å². The fraction of sp³-hybridized carbons (Fsp3) is 0.679. The number of benzene rings is 1. The van der Waals surface area contributed by atoms with Gasteiger partial charge in [-0.2, -0.15) is 0 Å². The summed E-state index contributed by atoms with van der Waals surface area (Å²) in [6.45, 7) is 8.70. The molecule has 35 heavy (non-hydrogen) atoms. The molecule has 3 saturated heterocycles. The zero-order chi connectivity index (χ0) is 24.7. The van der Waals surface area contributed by atoms with E-state index in [0.717, 1.165) is 6.04 Å². The van der Waals surface area contributed by atoms with Crippen LogP contribution in [0, 0.1) is 5.41 Å². The Hall–Kier alpha value is -2.25. The Kier molecular flexibility index (Phi) is 6.75. The molecule has 7 heteroatoms. The third-order valence-electron chi connectivity index (χ3n) is 8.55. The number of hydrogen-bond acceptors (Lipinski definition) is 5. The molecule has 7 nitrogen and oxygen atoms in total. The Labute approximate surface area is 208 Å². The summed E-state index contributed by atoms with van der Waals surface area (Å²) >= 11 is 0. The van der Waals surface area contributed by atoms with Gasteiger partial charge in [0.1, 0.15) is 18.7 Å². The number of fused-ring (bicyclic) bond motifs is 1.